The summed E-state index contributed by atoms with van der Waals surface area (Å²) in [5.41, 5.74) is 6.29. The molecule has 1 aromatic rings. The van der Waals surface area contributed by atoms with Crippen molar-refractivity contribution in [2.75, 3.05) is 14.2 Å². The van der Waals surface area contributed by atoms with Gasteiger partial charge in [0.1, 0.15) is 17.2 Å². The maximum absolute atomic E-state index is 9.66. The zero-order valence-corrected chi connectivity index (χ0v) is 8.57. The highest BCUT2D eigenvalue weighted by Gasteiger charge is 2.14. The molecule has 0 aliphatic heterocycles. The topological polar surface area (TPSA) is 64.7 Å². The summed E-state index contributed by atoms with van der Waals surface area (Å²) >= 11 is 0. The van der Waals surface area contributed by atoms with Gasteiger partial charge in [0, 0.05) is 18.2 Å². The lowest BCUT2D eigenvalue weighted by Crippen LogP contribution is -2.07. The molecule has 0 aliphatic rings. The van der Waals surface area contributed by atoms with E-state index in [0.29, 0.717) is 17.1 Å². The minimum atomic E-state index is -0.282. The van der Waals surface area contributed by atoms with Gasteiger partial charge in [0.25, 0.3) is 0 Å². The second-order valence-corrected chi connectivity index (χ2v) is 3.05. The number of methoxy groups -OCH3 is 2. The van der Waals surface area contributed by atoms with Crippen LogP contribution < -0.4 is 15.2 Å². The third kappa shape index (κ3) is 1.90. The Morgan fingerprint density at radius 2 is 1.93 bits per heavy atom. The normalized spacial score (nSPS) is 12.3. The van der Waals surface area contributed by atoms with Crippen molar-refractivity contribution in [3.05, 3.63) is 17.7 Å². The molecular weight excluding hydrogens is 182 g/mol. The number of phenols is 1. The van der Waals surface area contributed by atoms with Crippen molar-refractivity contribution in [2.24, 2.45) is 5.73 Å². The van der Waals surface area contributed by atoms with Gasteiger partial charge in [0.15, 0.2) is 0 Å². The van der Waals surface area contributed by atoms with E-state index in [2.05, 4.69) is 0 Å². The van der Waals surface area contributed by atoms with Crippen LogP contribution in [0.4, 0.5) is 0 Å². The van der Waals surface area contributed by atoms with Gasteiger partial charge in [0.05, 0.1) is 19.8 Å². The van der Waals surface area contributed by atoms with E-state index in [0.717, 1.165) is 0 Å². The van der Waals surface area contributed by atoms with Gasteiger partial charge in [-0.2, -0.15) is 0 Å². The van der Waals surface area contributed by atoms with Crippen LogP contribution in [0.3, 0.4) is 0 Å². The number of ether oxygens (including phenoxy) is 2. The molecule has 14 heavy (non-hydrogen) atoms. The van der Waals surface area contributed by atoms with Crippen molar-refractivity contribution in [1.82, 2.24) is 0 Å². The first-order chi connectivity index (χ1) is 6.60. The van der Waals surface area contributed by atoms with Crippen molar-refractivity contribution in [2.45, 2.75) is 13.0 Å². The van der Waals surface area contributed by atoms with Gasteiger partial charge < -0.3 is 20.3 Å². The van der Waals surface area contributed by atoms with Crippen molar-refractivity contribution < 1.29 is 14.6 Å². The Morgan fingerprint density at radius 3 is 2.36 bits per heavy atom. The van der Waals surface area contributed by atoms with E-state index in [1.807, 2.05) is 0 Å². The largest absolute Gasteiger partial charge is 0.507 e. The van der Waals surface area contributed by atoms with Gasteiger partial charge in [-0.25, -0.2) is 0 Å². The van der Waals surface area contributed by atoms with Gasteiger partial charge in [-0.05, 0) is 6.92 Å². The SMILES string of the molecule is COc1cc(O)c([C@H](C)N)c(OC)c1. The van der Waals surface area contributed by atoms with Crippen LogP contribution in [0.2, 0.25) is 0 Å². The number of aromatic hydroxyl groups is 1. The summed E-state index contributed by atoms with van der Waals surface area (Å²) in [4.78, 5) is 0. The molecule has 0 radical (unpaired) electrons. The highest BCUT2D eigenvalue weighted by molar-refractivity contribution is 5.51. The molecule has 0 bridgehead atoms. The third-order valence-corrected chi connectivity index (χ3v) is 2.00. The Bertz CT molecular complexity index is 323. The molecule has 78 valence electrons. The Balaban J connectivity index is 3.27. The summed E-state index contributed by atoms with van der Waals surface area (Å²) in [6.07, 6.45) is 0. The first-order valence-corrected chi connectivity index (χ1v) is 4.30. The molecular formula is C10H15NO3. The van der Waals surface area contributed by atoms with Crippen molar-refractivity contribution in [3.8, 4) is 17.2 Å². The Hall–Kier alpha value is -1.42. The molecule has 0 fully saturated rings. The van der Waals surface area contributed by atoms with E-state index in [-0.39, 0.29) is 11.8 Å². The summed E-state index contributed by atoms with van der Waals surface area (Å²) in [6.45, 7) is 1.78. The molecule has 1 atom stereocenters. The Morgan fingerprint density at radius 1 is 1.29 bits per heavy atom. The van der Waals surface area contributed by atoms with Gasteiger partial charge >= 0.3 is 0 Å². The number of phenolic OH excluding ortho intramolecular Hbond substituents is 1. The number of rotatable bonds is 3. The van der Waals surface area contributed by atoms with Gasteiger partial charge in [-0.1, -0.05) is 0 Å². The van der Waals surface area contributed by atoms with Crippen LogP contribution in [0.5, 0.6) is 17.2 Å². The average molecular weight is 197 g/mol. The zero-order chi connectivity index (χ0) is 10.7. The number of hydrogen-bond acceptors (Lipinski definition) is 4. The minimum absolute atomic E-state index is 0.0937. The maximum atomic E-state index is 9.66. The number of hydrogen-bond donors (Lipinski definition) is 2. The summed E-state index contributed by atoms with van der Waals surface area (Å²) in [5, 5.41) is 9.66. The smallest absolute Gasteiger partial charge is 0.131 e. The second-order valence-electron chi connectivity index (χ2n) is 3.05. The molecule has 0 aromatic heterocycles. The lowest BCUT2D eigenvalue weighted by atomic mass is 10.1. The second kappa shape index (κ2) is 4.19. The van der Waals surface area contributed by atoms with Crippen LogP contribution >= 0.6 is 0 Å². The van der Waals surface area contributed by atoms with Crippen LogP contribution in [0, 0.1) is 0 Å². The molecule has 0 unspecified atom stereocenters. The molecule has 4 nitrogen and oxygen atoms in total. The molecule has 3 N–H and O–H groups in total. The predicted molar refractivity (Wildman–Crippen MR) is 53.8 cm³/mol. The Labute approximate surface area is 83.3 Å². The molecule has 1 aromatic carbocycles. The standard InChI is InChI=1S/C10H15NO3/c1-6(11)10-8(12)4-7(13-2)5-9(10)14-3/h4-6,12H,11H2,1-3H3/t6-/m0/s1. The molecule has 0 heterocycles. The van der Waals surface area contributed by atoms with Gasteiger partial charge in [-0.3, -0.25) is 0 Å². The molecule has 0 amide bonds. The van der Waals surface area contributed by atoms with Crippen LogP contribution in [0.25, 0.3) is 0 Å². The fraction of sp³-hybridized carbons (Fsp3) is 0.400. The molecule has 0 spiro atoms. The van der Waals surface area contributed by atoms with Crippen LogP contribution in [-0.4, -0.2) is 19.3 Å². The fourth-order valence-electron chi connectivity index (χ4n) is 1.33. The zero-order valence-electron chi connectivity index (χ0n) is 8.57. The van der Waals surface area contributed by atoms with E-state index in [1.54, 1.807) is 13.0 Å². The monoisotopic (exact) mass is 197 g/mol. The molecule has 0 aliphatic carbocycles. The van der Waals surface area contributed by atoms with Gasteiger partial charge in [-0.15, -0.1) is 0 Å². The number of benzene rings is 1. The highest BCUT2D eigenvalue weighted by Crippen LogP contribution is 2.36. The average Bonchev–Trinajstić information content (AvgIpc) is 2.15. The van der Waals surface area contributed by atoms with E-state index in [9.17, 15) is 5.11 Å². The first kappa shape index (κ1) is 10.7. The van der Waals surface area contributed by atoms with E-state index in [1.165, 1.54) is 20.3 Å². The Kier molecular flexibility index (Phi) is 3.19. The van der Waals surface area contributed by atoms with E-state index < -0.39 is 0 Å². The minimum Gasteiger partial charge on any atom is -0.507 e. The highest BCUT2D eigenvalue weighted by atomic mass is 16.5. The third-order valence-electron chi connectivity index (χ3n) is 2.00. The summed E-state index contributed by atoms with van der Waals surface area (Å²) in [5.74, 6) is 1.18. The van der Waals surface area contributed by atoms with Crippen LogP contribution in [0.1, 0.15) is 18.5 Å². The summed E-state index contributed by atoms with van der Waals surface area (Å²) < 4.78 is 10.1. The van der Waals surface area contributed by atoms with E-state index in [4.69, 9.17) is 15.2 Å². The first-order valence-electron chi connectivity index (χ1n) is 4.30. The van der Waals surface area contributed by atoms with Crippen molar-refractivity contribution in [3.63, 3.8) is 0 Å². The number of nitrogens with two attached hydrogens (primary N) is 1. The van der Waals surface area contributed by atoms with E-state index >= 15 is 0 Å². The molecule has 4 heteroatoms. The summed E-state index contributed by atoms with van der Waals surface area (Å²) in [6, 6.07) is 2.93. The maximum Gasteiger partial charge on any atom is 0.131 e. The molecule has 1 rings (SSSR count). The van der Waals surface area contributed by atoms with Gasteiger partial charge in [0.2, 0.25) is 0 Å². The lowest BCUT2D eigenvalue weighted by Gasteiger charge is -2.14. The van der Waals surface area contributed by atoms with Crippen LogP contribution in [-0.2, 0) is 0 Å². The van der Waals surface area contributed by atoms with Crippen molar-refractivity contribution >= 4 is 0 Å². The van der Waals surface area contributed by atoms with Crippen LogP contribution in [0.15, 0.2) is 12.1 Å². The molecule has 0 saturated heterocycles. The fourth-order valence-corrected chi connectivity index (χ4v) is 1.33. The predicted octanol–water partition coefficient (Wildman–Crippen LogP) is 1.43. The quantitative estimate of drug-likeness (QED) is 0.769. The van der Waals surface area contributed by atoms with Crippen molar-refractivity contribution in [1.29, 1.82) is 0 Å². The molecule has 0 saturated carbocycles. The lowest BCUT2D eigenvalue weighted by molar-refractivity contribution is 0.376. The summed E-state index contributed by atoms with van der Waals surface area (Å²) in [7, 11) is 3.06.